The van der Waals surface area contributed by atoms with E-state index in [4.69, 9.17) is 49.4 Å². The van der Waals surface area contributed by atoms with Crippen LogP contribution in [-0.2, 0) is 41.8 Å². The zero-order valence-corrected chi connectivity index (χ0v) is 33.6. The average Bonchev–Trinajstić information content (AvgIpc) is 3.24. The normalized spacial score (nSPS) is 18.3. The number of hydrogen-bond acceptors (Lipinski definition) is 16. The second-order valence-electron chi connectivity index (χ2n) is 14.4. The minimum atomic E-state index is -0.961. The number of fused-ring (bicyclic) bond motifs is 1. The predicted octanol–water partition coefficient (Wildman–Crippen LogP) is 5.08. The first-order chi connectivity index (χ1) is 28.6. The molecular weight excluding hydrogens is 770 g/mol. The van der Waals surface area contributed by atoms with E-state index in [0.29, 0.717) is 44.8 Å². The van der Waals surface area contributed by atoms with Gasteiger partial charge in [0.1, 0.15) is 30.8 Å². The molecule has 59 heavy (non-hydrogen) atoms. The SMILES string of the molecule is COCCCN1CCOc2ccc(COC3CN(C(=O)OCCCCC(CON(O)O)ON(O)O)C(CC(=O)NCc4ccccc4)CC3c3ccc(OC)cc3)cc21. The summed E-state index contributed by atoms with van der Waals surface area (Å²) < 4.78 is 29.2. The number of nitrogens with zero attached hydrogens (tertiary/aromatic N) is 4. The molecule has 2 heterocycles. The van der Waals surface area contributed by atoms with Crippen LogP contribution in [0.3, 0.4) is 0 Å². The van der Waals surface area contributed by atoms with Crippen molar-refractivity contribution in [2.45, 2.75) is 75.8 Å². The van der Waals surface area contributed by atoms with Crippen molar-refractivity contribution in [3.8, 4) is 11.5 Å². The minimum absolute atomic E-state index is 0.00936. The van der Waals surface area contributed by atoms with Gasteiger partial charge in [-0.1, -0.05) is 48.5 Å². The number of ether oxygens (including phenoxy) is 5. The lowest BCUT2D eigenvalue weighted by Crippen LogP contribution is -2.53. The van der Waals surface area contributed by atoms with Crippen LogP contribution in [-0.4, -0.2) is 127 Å². The predicted molar refractivity (Wildman–Crippen MR) is 210 cm³/mol. The molecule has 0 aliphatic carbocycles. The quantitative estimate of drug-likeness (QED) is 0.0625. The maximum absolute atomic E-state index is 13.9. The molecule has 4 unspecified atom stereocenters. The Hall–Kier alpha value is -4.60. The van der Waals surface area contributed by atoms with Crippen LogP contribution < -0.4 is 19.7 Å². The molecule has 0 saturated carbocycles. The van der Waals surface area contributed by atoms with E-state index in [9.17, 15) is 9.59 Å². The Labute approximate surface area is 344 Å². The fraction of sp³-hybridized carbons (Fsp3) is 0.512. The fourth-order valence-corrected chi connectivity index (χ4v) is 7.32. The third-order valence-corrected chi connectivity index (χ3v) is 10.3. The van der Waals surface area contributed by atoms with Crippen molar-refractivity contribution in [1.29, 1.82) is 0 Å². The second kappa shape index (κ2) is 23.9. The first kappa shape index (κ1) is 45.5. The Balaban J connectivity index is 1.32. The van der Waals surface area contributed by atoms with E-state index in [1.165, 1.54) is 0 Å². The van der Waals surface area contributed by atoms with Gasteiger partial charge in [-0.15, -0.1) is 0 Å². The van der Waals surface area contributed by atoms with Gasteiger partial charge in [0.05, 0.1) is 56.0 Å². The van der Waals surface area contributed by atoms with Gasteiger partial charge in [-0.3, -0.25) is 25.6 Å². The number of rotatable bonds is 23. The maximum Gasteiger partial charge on any atom is 0.410 e. The smallest absolute Gasteiger partial charge is 0.410 e. The molecule has 0 radical (unpaired) electrons. The van der Waals surface area contributed by atoms with E-state index in [1.54, 1.807) is 19.1 Å². The van der Waals surface area contributed by atoms with E-state index in [1.807, 2.05) is 66.7 Å². The summed E-state index contributed by atoms with van der Waals surface area (Å²) in [6.07, 6.45) is 0.237. The Bertz CT molecular complexity index is 1700. The highest BCUT2D eigenvalue weighted by Gasteiger charge is 2.41. The van der Waals surface area contributed by atoms with Gasteiger partial charge < -0.3 is 38.8 Å². The molecule has 0 aromatic heterocycles. The van der Waals surface area contributed by atoms with Crippen molar-refractivity contribution >= 4 is 17.7 Å². The van der Waals surface area contributed by atoms with E-state index >= 15 is 0 Å². The number of likely N-dealkylation sites (tertiary alicyclic amines) is 1. The second-order valence-corrected chi connectivity index (χ2v) is 14.4. The zero-order chi connectivity index (χ0) is 42.0. The molecule has 324 valence electrons. The molecule has 2 aliphatic rings. The summed E-state index contributed by atoms with van der Waals surface area (Å²) in [5.74, 6) is 1.12. The molecule has 5 rings (SSSR count). The van der Waals surface area contributed by atoms with Gasteiger partial charge in [-0.25, -0.2) is 14.5 Å². The highest BCUT2D eigenvalue weighted by molar-refractivity contribution is 5.78. The number of anilines is 1. The van der Waals surface area contributed by atoms with Gasteiger partial charge in [-0.05, 0) is 73.1 Å². The Morgan fingerprint density at radius 3 is 2.46 bits per heavy atom. The first-order valence-electron chi connectivity index (χ1n) is 19.8. The summed E-state index contributed by atoms with van der Waals surface area (Å²) in [5.41, 5.74) is 3.87. The van der Waals surface area contributed by atoms with E-state index in [-0.39, 0.29) is 44.4 Å². The van der Waals surface area contributed by atoms with Crippen LogP contribution in [0.15, 0.2) is 72.8 Å². The van der Waals surface area contributed by atoms with Crippen LogP contribution in [0.2, 0.25) is 0 Å². The van der Waals surface area contributed by atoms with Gasteiger partial charge >= 0.3 is 6.09 Å². The summed E-state index contributed by atoms with van der Waals surface area (Å²) in [7, 11) is 3.30. The van der Waals surface area contributed by atoms with Crippen LogP contribution in [0.1, 0.15) is 61.1 Å². The number of nitrogens with one attached hydrogen (secondary N) is 1. The van der Waals surface area contributed by atoms with Crippen molar-refractivity contribution in [1.82, 2.24) is 21.0 Å². The summed E-state index contributed by atoms with van der Waals surface area (Å²) in [4.78, 5) is 40.6. The van der Waals surface area contributed by atoms with Crippen LogP contribution in [0.5, 0.6) is 11.5 Å². The molecule has 18 heteroatoms. The highest BCUT2D eigenvalue weighted by Crippen LogP contribution is 2.38. The number of carbonyl (C=O) groups is 2. The molecule has 2 amide bonds. The molecule has 0 spiro atoms. The molecular formula is C41H57N5O13. The number of unbranched alkanes of at least 4 members (excludes halogenated alkanes) is 1. The zero-order valence-electron chi connectivity index (χ0n) is 33.6. The molecule has 3 aromatic rings. The molecule has 1 saturated heterocycles. The standard InChI is InChI=1S/C41H57N5O13/c1-53-20-8-18-43-19-22-55-38-17-12-31(23-37(38)43)28-57-39-27-44(41(48)56-21-7-6-11-35(59-46(51)52)29-58-45(49)50)33(24-36(39)32-13-15-34(54-2)16-14-32)25-40(47)42-26-30-9-4-3-5-10-30/h3-5,9-10,12-17,23,33,35-36,39,49-52H,6-8,11,18-22,24-29H2,1-2H3,(H,42,47). The molecule has 0 bridgehead atoms. The van der Waals surface area contributed by atoms with Gasteiger partial charge in [0.25, 0.3) is 0 Å². The number of carbonyl (C=O) groups excluding carboxylic acids is 2. The number of benzene rings is 3. The number of methoxy groups -OCH3 is 2. The van der Waals surface area contributed by atoms with Crippen LogP contribution in [0.25, 0.3) is 0 Å². The van der Waals surface area contributed by atoms with Gasteiger partial charge in [0, 0.05) is 45.2 Å². The third kappa shape index (κ3) is 14.6. The Morgan fingerprint density at radius 1 is 0.932 bits per heavy atom. The van der Waals surface area contributed by atoms with E-state index in [2.05, 4.69) is 21.1 Å². The lowest BCUT2D eigenvalue weighted by Gasteiger charge is -2.43. The summed E-state index contributed by atoms with van der Waals surface area (Å²) in [6, 6.07) is 22.8. The fourth-order valence-electron chi connectivity index (χ4n) is 7.32. The van der Waals surface area contributed by atoms with Crippen LogP contribution >= 0.6 is 0 Å². The van der Waals surface area contributed by atoms with Crippen LogP contribution in [0.4, 0.5) is 10.5 Å². The van der Waals surface area contributed by atoms with Crippen LogP contribution in [0, 0.1) is 0 Å². The number of hydrogen-bond donors (Lipinski definition) is 5. The largest absolute Gasteiger partial charge is 0.497 e. The third-order valence-electron chi connectivity index (χ3n) is 10.3. The molecule has 3 aromatic carbocycles. The monoisotopic (exact) mass is 827 g/mol. The summed E-state index contributed by atoms with van der Waals surface area (Å²) in [6.45, 7) is 3.21. The van der Waals surface area contributed by atoms with E-state index in [0.717, 1.165) is 47.6 Å². The lowest BCUT2D eigenvalue weighted by molar-refractivity contribution is -0.527. The number of amides is 2. The molecule has 5 N–H and O–H groups in total. The lowest BCUT2D eigenvalue weighted by atomic mass is 9.82. The topological polar surface area (TPSA) is 205 Å². The van der Waals surface area contributed by atoms with E-state index < -0.39 is 41.7 Å². The van der Waals surface area contributed by atoms with Gasteiger partial charge in [-0.2, -0.15) is 0 Å². The Kier molecular flexibility index (Phi) is 18.4. The van der Waals surface area contributed by atoms with Crippen molar-refractivity contribution in [3.05, 3.63) is 89.5 Å². The van der Waals surface area contributed by atoms with Gasteiger partial charge in [0.15, 0.2) is 0 Å². The minimum Gasteiger partial charge on any atom is -0.497 e. The highest BCUT2D eigenvalue weighted by atomic mass is 17.1. The van der Waals surface area contributed by atoms with Crippen molar-refractivity contribution in [3.63, 3.8) is 0 Å². The van der Waals surface area contributed by atoms with Crippen molar-refractivity contribution < 1.29 is 63.8 Å². The number of piperidine rings is 1. The molecule has 4 atom stereocenters. The first-order valence-corrected chi connectivity index (χ1v) is 19.8. The molecule has 1 fully saturated rings. The maximum atomic E-state index is 13.9. The summed E-state index contributed by atoms with van der Waals surface area (Å²) >= 11 is 0. The van der Waals surface area contributed by atoms with Crippen molar-refractivity contribution in [2.24, 2.45) is 0 Å². The summed E-state index contributed by atoms with van der Waals surface area (Å²) in [5, 5.41) is 37.8. The Morgan fingerprint density at radius 2 is 1.73 bits per heavy atom. The molecule has 2 aliphatic heterocycles. The van der Waals surface area contributed by atoms with Gasteiger partial charge in [0.2, 0.25) is 5.91 Å². The average molecular weight is 828 g/mol. The van der Waals surface area contributed by atoms with Crippen molar-refractivity contribution in [2.75, 3.05) is 65.2 Å². The molecule has 18 nitrogen and oxygen atoms in total.